The molecule has 1 fully saturated rings. The summed E-state index contributed by atoms with van der Waals surface area (Å²) < 4.78 is 11.9. The molecule has 2 aliphatic heterocycles. The fourth-order valence-corrected chi connectivity index (χ4v) is 5.24. The number of aryl methyl sites for hydroxylation is 1. The van der Waals surface area contributed by atoms with Crippen LogP contribution in [-0.2, 0) is 19.1 Å². The Morgan fingerprint density at radius 1 is 1.23 bits per heavy atom. The molecule has 0 radical (unpaired) electrons. The van der Waals surface area contributed by atoms with Gasteiger partial charge in [0, 0.05) is 23.6 Å². The number of hydrogen-bond donors (Lipinski definition) is 2. The van der Waals surface area contributed by atoms with Crippen LogP contribution in [0.5, 0.6) is 0 Å². The summed E-state index contributed by atoms with van der Waals surface area (Å²) in [6.45, 7) is 12.6. The number of aromatic nitrogens is 1. The summed E-state index contributed by atoms with van der Waals surface area (Å²) in [6.07, 6.45) is 3.84. The highest BCUT2D eigenvalue weighted by Crippen LogP contribution is 2.44. The summed E-state index contributed by atoms with van der Waals surface area (Å²) >= 11 is 1.55. The summed E-state index contributed by atoms with van der Waals surface area (Å²) in [4.78, 5) is 30.6. The molecule has 7 atom stereocenters. The van der Waals surface area contributed by atoms with E-state index in [0.29, 0.717) is 12.8 Å². The second kappa shape index (κ2) is 10.6. The highest BCUT2D eigenvalue weighted by molar-refractivity contribution is 7.09. The number of fused-ring (bicyclic) bond motifs is 1. The van der Waals surface area contributed by atoms with Crippen molar-refractivity contribution in [3.63, 3.8) is 0 Å². The average molecular weight is 506 g/mol. The summed E-state index contributed by atoms with van der Waals surface area (Å²) in [5.74, 6) is -1.83. The quantitative estimate of drug-likeness (QED) is 0.351. The van der Waals surface area contributed by atoms with E-state index < -0.39 is 35.6 Å². The Kier molecular flexibility index (Phi) is 8.41. The first-order valence-corrected chi connectivity index (χ1v) is 13.2. The van der Waals surface area contributed by atoms with Crippen molar-refractivity contribution in [2.75, 3.05) is 0 Å². The predicted octanol–water partition coefficient (Wildman–Crippen LogP) is 4.25. The molecule has 2 aliphatic rings. The molecule has 1 saturated heterocycles. The first-order valence-electron chi connectivity index (χ1n) is 12.3. The number of ether oxygens (including phenoxy) is 2. The van der Waals surface area contributed by atoms with Crippen LogP contribution in [0.1, 0.15) is 71.5 Å². The third-order valence-electron chi connectivity index (χ3n) is 7.51. The Hall–Kier alpha value is -1.87. The van der Waals surface area contributed by atoms with E-state index >= 15 is 0 Å². The van der Waals surface area contributed by atoms with Gasteiger partial charge in [-0.3, -0.25) is 9.59 Å². The molecule has 3 rings (SSSR count). The predicted molar refractivity (Wildman–Crippen MR) is 136 cm³/mol. The molecule has 35 heavy (non-hydrogen) atoms. The summed E-state index contributed by atoms with van der Waals surface area (Å²) in [7, 11) is 0. The Balaban J connectivity index is 1.89. The van der Waals surface area contributed by atoms with Crippen LogP contribution in [0.25, 0.3) is 6.08 Å². The van der Waals surface area contributed by atoms with Crippen LogP contribution in [-0.4, -0.2) is 57.0 Å². The lowest BCUT2D eigenvalue weighted by atomic mass is 9.73. The van der Waals surface area contributed by atoms with Gasteiger partial charge in [0.25, 0.3) is 0 Å². The van der Waals surface area contributed by atoms with Crippen molar-refractivity contribution in [3.05, 3.63) is 33.8 Å². The molecular formula is C27H39NO6S. The first-order chi connectivity index (χ1) is 16.2. The Morgan fingerprint density at radius 3 is 2.54 bits per heavy atom. The number of rotatable bonds is 2. The van der Waals surface area contributed by atoms with Crippen LogP contribution in [0.4, 0.5) is 0 Å². The zero-order valence-electron chi connectivity index (χ0n) is 21.8. The SMILES string of the molecule is C/C(=C\c1csc(C)n1)C1CC2O[C@]2(C)C/C=C/C(C)C(O)[C@@H](C)C(=O)C(C)(C)[C@@H](O)CC(=O)O1. The van der Waals surface area contributed by atoms with E-state index in [1.54, 1.807) is 32.1 Å². The van der Waals surface area contributed by atoms with Crippen molar-refractivity contribution in [2.24, 2.45) is 17.3 Å². The number of carbonyl (C=O) groups is 2. The van der Waals surface area contributed by atoms with E-state index in [-0.39, 0.29) is 29.8 Å². The van der Waals surface area contributed by atoms with Gasteiger partial charge in [-0.1, -0.05) is 39.8 Å². The maximum absolute atomic E-state index is 13.2. The maximum Gasteiger partial charge on any atom is 0.309 e. The lowest BCUT2D eigenvalue weighted by Gasteiger charge is -2.34. The minimum atomic E-state index is -1.25. The molecule has 1 aromatic heterocycles. The number of thiazole rings is 1. The molecule has 7 nitrogen and oxygen atoms in total. The number of aliphatic hydroxyl groups excluding tert-OH is 2. The van der Waals surface area contributed by atoms with Gasteiger partial charge in [0.1, 0.15) is 11.9 Å². The number of Topliss-reactive ketones (excluding diaryl/α,β-unsaturated/α-hetero) is 1. The van der Waals surface area contributed by atoms with Gasteiger partial charge in [0.15, 0.2) is 0 Å². The van der Waals surface area contributed by atoms with Crippen molar-refractivity contribution < 1.29 is 29.3 Å². The van der Waals surface area contributed by atoms with Gasteiger partial charge in [0.05, 0.1) is 46.5 Å². The second-order valence-corrected chi connectivity index (χ2v) is 12.0. The second-order valence-electron chi connectivity index (χ2n) is 10.9. The van der Waals surface area contributed by atoms with Gasteiger partial charge in [-0.05, 0) is 38.8 Å². The van der Waals surface area contributed by atoms with Gasteiger partial charge in [-0.2, -0.15) is 0 Å². The molecule has 0 bridgehead atoms. The molecule has 0 amide bonds. The smallest absolute Gasteiger partial charge is 0.309 e. The van der Waals surface area contributed by atoms with Crippen LogP contribution in [0.15, 0.2) is 23.1 Å². The van der Waals surface area contributed by atoms with Gasteiger partial charge in [0.2, 0.25) is 0 Å². The number of carbonyl (C=O) groups excluding carboxylic acids is 2. The van der Waals surface area contributed by atoms with Crippen LogP contribution in [0.3, 0.4) is 0 Å². The van der Waals surface area contributed by atoms with Gasteiger partial charge in [-0.15, -0.1) is 11.3 Å². The summed E-state index contributed by atoms with van der Waals surface area (Å²) in [6, 6.07) is 0. The number of esters is 1. The number of nitrogens with zero attached hydrogens (tertiary/aromatic N) is 1. The molecule has 0 aliphatic carbocycles. The molecule has 4 unspecified atom stereocenters. The maximum atomic E-state index is 13.2. The van der Waals surface area contributed by atoms with Crippen molar-refractivity contribution in [2.45, 2.75) is 97.7 Å². The lowest BCUT2D eigenvalue weighted by Crippen LogP contribution is -2.45. The largest absolute Gasteiger partial charge is 0.458 e. The fraction of sp³-hybridized carbons (Fsp3) is 0.667. The van der Waals surface area contributed by atoms with E-state index in [9.17, 15) is 19.8 Å². The van der Waals surface area contributed by atoms with E-state index in [2.05, 4.69) is 4.98 Å². The number of cyclic esters (lactones) is 1. The molecule has 2 N–H and O–H groups in total. The monoisotopic (exact) mass is 505 g/mol. The van der Waals surface area contributed by atoms with E-state index in [1.165, 1.54) is 0 Å². The molecule has 194 valence electrons. The molecule has 0 aromatic carbocycles. The van der Waals surface area contributed by atoms with Gasteiger partial charge >= 0.3 is 5.97 Å². The number of hydrogen-bond acceptors (Lipinski definition) is 8. The average Bonchev–Trinajstić information content (AvgIpc) is 3.22. The van der Waals surface area contributed by atoms with Crippen LogP contribution in [0, 0.1) is 24.2 Å². The Morgan fingerprint density at radius 2 is 1.91 bits per heavy atom. The Labute approximate surface area is 212 Å². The Bertz CT molecular complexity index is 998. The summed E-state index contributed by atoms with van der Waals surface area (Å²) in [5, 5.41) is 24.5. The molecule has 8 heteroatoms. The highest BCUT2D eigenvalue weighted by Gasteiger charge is 2.52. The van der Waals surface area contributed by atoms with Crippen molar-refractivity contribution in [1.29, 1.82) is 0 Å². The zero-order valence-corrected chi connectivity index (χ0v) is 22.6. The van der Waals surface area contributed by atoms with Gasteiger partial charge < -0.3 is 19.7 Å². The lowest BCUT2D eigenvalue weighted by molar-refractivity contribution is -0.154. The van der Waals surface area contributed by atoms with E-state index in [0.717, 1.165) is 16.3 Å². The number of epoxide rings is 1. The first kappa shape index (κ1) is 27.7. The number of aliphatic hydroxyl groups is 2. The van der Waals surface area contributed by atoms with Crippen molar-refractivity contribution >= 4 is 29.2 Å². The summed E-state index contributed by atoms with van der Waals surface area (Å²) in [5.41, 5.74) is 0.0391. The van der Waals surface area contributed by atoms with Crippen LogP contribution >= 0.6 is 11.3 Å². The fourth-order valence-electron chi connectivity index (χ4n) is 4.67. The van der Waals surface area contributed by atoms with Crippen LogP contribution in [0.2, 0.25) is 0 Å². The molecule has 0 saturated carbocycles. The van der Waals surface area contributed by atoms with Crippen molar-refractivity contribution in [3.8, 4) is 0 Å². The van der Waals surface area contributed by atoms with Gasteiger partial charge in [-0.25, -0.2) is 4.98 Å². The standard InChI is InChI=1S/C27H39NO6S/c1-15-9-8-10-27(7)22(34-27)12-20(16(2)11-19-14-35-18(4)28-19)33-23(30)13-21(29)26(5,6)25(32)17(3)24(15)31/h8-9,11,14-15,17,20-22,24,29,31H,10,12-13H2,1-7H3/b9-8+,16-11+/t15?,17-,20?,21+,22?,24?,27-/m1/s1. The van der Waals surface area contributed by atoms with E-state index in [1.807, 2.05) is 51.3 Å². The van der Waals surface area contributed by atoms with E-state index in [4.69, 9.17) is 9.47 Å². The number of ketones is 1. The topological polar surface area (TPSA) is 109 Å². The minimum absolute atomic E-state index is 0.0968. The van der Waals surface area contributed by atoms with Crippen LogP contribution < -0.4 is 0 Å². The molecular weight excluding hydrogens is 466 g/mol. The normalized spacial score (nSPS) is 37.9. The molecule has 1 aromatic rings. The zero-order chi connectivity index (χ0) is 26.1. The molecule has 3 heterocycles. The van der Waals surface area contributed by atoms with Crippen molar-refractivity contribution in [1.82, 2.24) is 4.98 Å². The minimum Gasteiger partial charge on any atom is -0.458 e. The third kappa shape index (κ3) is 6.47. The molecule has 0 spiro atoms. The highest BCUT2D eigenvalue weighted by atomic mass is 32.1. The third-order valence-corrected chi connectivity index (χ3v) is 8.30.